The number of hydrogen-bond acceptors (Lipinski definition) is 3. The molecule has 1 fully saturated rings. The summed E-state index contributed by atoms with van der Waals surface area (Å²) in [6, 6.07) is 0.730. The second-order valence-corrected chi connectivity index (χ2v) is 6.97. The monoisotopic (exact) mass is 266 g/mol. The summed E-state index contributed by atoms with van der Waals surface area (Å²) < 4.78 is 0. The third kappa shape index (κ3) is 3.79. The van der Waals surface area contributed by atoms with E-state index < -0.39 is 0 Å². The Morgan fingerprint density at radius 3 is 2.89 bits per heavy atom. The second-order valence-electron chi connectivity index (χ2n) is 6.05. The maximum absolute atomic E-state index is 4.40. The number of nitrogens with zero attached hydrogens (tertiary/aromatic N) is 1. The molecule has 1 N–H and O–H groups in total. The number of rotatable bonds is 5. The third-order valence-corrected chi connectivity index (χ3v) is 5.25. The van der Waals surface area contributed by atoms with Gasteiger partial charge in [-0.15, -0.1) is 11.3 Å². The van der Waals surface area contributed by atoms with Gasteiger partial charge in [0.15, 0.2) is 0 Å². The highest BCUT2D eigenvalue weighted by Crippen LogP contribution is 2.30. The predicted molar refractivity (Wildman–Crippen MR) is 79.1 cm³/mol. The van der Waals surface area contributed by atoms with Gasteiger partial charge in [-0.05, 0) is 24.7 Å². The Hall–Kier alpha value is -0.410. The first-order chi connectivity index (χ1) is 8.66. The highest BCUT2D eigenvalue weighted by Gasteiger charge is 2.24. The van der Waals surface area contributed by atoms with Crippen LogP contribution in [0.5, 0.6) is 0 Å². The zero-order valence-electron chi connectivity index (χ0n) is 11.9. The van der Waals surface area contributed by atoms with Gasteiger partial charge < -0.3 is 5.32 Å². The maximum atomic E-state index is 4.40. The zero-order chi connectivity index (χ0) is 13.0. The van der Waals surface area contributed by atoms with E-state index in [4.69, 9.17) is 0 Å². The largest absolute Gasteiger partial charge is 0.313 e. The summed E-state index contributed by atoms with van der Waals surface area (Å²) in [6.07, 6.45) is 7.45. The van der Waals surface area contributed by atoms with Crippen LogP contribution in [0.3, 0.4) is 0 Å². The molecule has 102 valence electrons. The van der Waals surface area contributed by atoms with Gasteiger partial charge in [-0.25, -0.2) is 4.98 Å². The Labute approximate surface area is 115 Å². The van der Waals surface area contributed by atoms with Crippen molar-refractivity contribution >= 4 is 11.3 Å². The topological polar surface area (TPSA) is 24.9 Å². The van der Waals surface area contributed by atoms with Gasteiger partial charge >= 0.3 is 0 Å². The maximum Gasteiger partial charge on any atom is 0.0965 e. The molecular weight excluding hydrogens is 240 g/mol. The number of nitrogens with one attached hydrogen (secondary N) is 1. The van der Waals surface area contributed by atoms with E-state index in [0.29, 0.717) is 5.92 Å². The molecule has 3 atom stereocenters. The first-order valence-corrected chi connectivity index (χ1v) is 8.17. The van der Waals surface area contributed by atoms with Gasteiger partial charge in [0.25, 0.3) is 0 Å². The van der Waals surface area contributed by atoms with Gasteiger partial charge in [0.2, 0.25) is 0 Å². The predicted octanol–water partition coefficient (Wildman–Crippen LogP) is 4.05. The molecule has 3 unspecified atom stereocenters. The SMILES string of the molecule is CC(CNC1CCCC(C(C)C)C1)c1nccs1. The number of thiazole rings is 1. The van der Waals surface area contributed by atoms with Gasteiger partial charge in [-0.3, -0.25) is 0 Å². The molecule has 2 rings (SSSR count). The van der Waals surface area contributed by atoms with E-state index in [1.807, 2.05) is 6.20 Å². The molecule has 1 saturated carbocycles. The van der Waals surface area contributed by atoms with Crippen molar-refractivity contribution in [2.75, 3.05) is 6.54 Å². The lowest BCUT2D eigenvalue weighted by Crippen LogP contribution is -2.37. The van der Waals surface area contributed by atoms with Gasteiger partial charge in [0.05, 0.1) is 5.01 Å². The highest BCUT2D eigenvalue weighted by atomic mass is 32.1. The van der Waals surface area contributed by atoms with Crippen molar-refractivity contribution in [2.45, 2.75) is 58.4 Å². The molecule has 0 radical (unpaired) electrons. The molecular formula is C15H26N2S. The molecule has 1 heterocycles. The summed E-state index contributed by atoms with van der Waals surface area (Å²) in [7, 11) is 0. The van der Waals surface area contributed by atoms with Crippen LogP contribution < -0.4 is 5.32 Å². The highest BCUT2D eigenvalue weighted by molar-refractivity contribution is 7.09. The molecule has 0 aromatic carbocycles. The van der Waals surface area contributed by atoms with E-state index >= 15 is 0 Å². The molecule has 0 aliphatic heterocycles. The van der Waals surface area contributed by atoms with Gasteiger partial charge in [0.1, 0.15) is 0 Å². The van der Waals surface area contributed by atoms with Crippen molar-refractivity contribution in [3.63, 3.8) is 0 Å². The summed E-state index contributed by atoms with van der Waals surface area (Å²) in [5.74, 6) is 2.31. The quantitative estimate of drug-likeness (QED) is 0.869. The van der Waals surface area contributed by atoms with Gasteiger partial charge in [-0.1, -0.05) is 33.6 Å². The van der Waals surface area contributed by atoms with Crippen molar-refractivity contribution < 1.29 is 0 Å². The van der Waals surface area contributed by atoms with E-state index in [1.165, 1.54) is 30.7 Å². The van der Waals surface area contributed by atoms with Crippen molar-refractivity contribution in [1.82, 2.24) is 10.3 Å². The molecule has 0 amide bonds. The fraction of sp³-hybridized carbons (Fsp3) is 0.800. The van der Waals surface area contributed by atoms with Crippen LogP contribution in [0.2, 0.25) is 0 Å². The lowest BCUT2D eigenvalue weighted by molar-refractivity contribution is 0.230. The van der Waals surface area contributed by atoms with Crippen molar-refractivity contribution in [2.24, 2.45) is 11.8 Å². The average molecular weight is 266 g/mol. The summed E-state index contributed by atoms with van der Waals surface area (Å²) >= 11 is 1.77. The standard InChI is InChI=1S/C15H26N2S/c1-11(2)13-5-4-6-14(9-13)17-10-12(3)15-16-7-8-18-15/h7-8,11-14,17H,4-6,9-10H2,1-3H3. The average Bonchev–Trinajstić information content (AvgIpc) is 2.90. The lowest BCUT2D eigenvalue weighted by atomic mass is 9.79. The van der Waals surface area contributed by atoms with Crippen LogP contribution in [0.25, 0.3) is 0 Å². The van der Waals surface area contributed by atoms with Gasteiger partial charge in [-0.2, -0.15) is 0 Å². The Morgan fingerprint density at radius 1 is 1.39 bits per heavy atom. The normalized spacial score (nSPS) is 26.4. The zero-order valence-corrected chi connectivity index (χ0v) is 12.7. The summed E-state index contributed by atoms with van der Waals surface area (Å²) in [5, 5.41) is 7.09. The Morgan fingerprint density at radius 2 is 2.22 bits per heavy atom. The number of aromatic nitrogens is 1. The fourth-order valence-electron chi connectivity index (χ4n) is 2.93. The Kier molecular flexibility index (Phi) is 5.19. The summed E-state index contributed by atoms with van der Waals surface area (Å²) in [6.45, 7) is 8.08. The van der Waals surface area contributed by atoms with E-state index in [2.05, 4.69) is 36.5 Å². The second kappa shape index (κ2) is 6.67. The summed E-state index contributed by atoms with van der Waals surface area (Å²) in [5.41, 5.74) is 0. The molecule has 0 bridgehead atoms. The summed E-state index contributed by atoms with van der Waals surface area (Å²) in [4.78, 5) is 4.40. The minimum Gasteiger partial charge on any atom is -0.313 e. The van der Waals surface area contributed by atoms with E-state index in [1.54, 1.807) is 11.3 Å². The van der Waals surface area contributed by atoms with E-state index in [9.17, 15) is 0 Å². The van der Waals surface area contributed by atoms with Crippen LogP contribution >= 0.6 is 11.3 Å². The molecule has 0 spiro atoms. The molecule has 0 saturated heterocycles. The molecule has 2 nitrogen and oxygen atoms in total. The minimum atomic E-state index is 0.546. The van der Waals surface area contributed by atoms with Crippen LogP contribution in [0.4, 0.5) is 0 Å². The van der Waals surface area contributed by atoms with Crippen molar-refractivity contribution in [3.05, 3.63) is 16.6 Å². The molecule has 18 heavy (non-hydrogen) atoms. The Bertz CT molecular complexity index is 334. The van der Waals surface area contributed by atoms with E-state index in [-0.39, 0.29) is 0 Å². The smallest absolute Gasteiger partial charge is 0.0965 e. The van der Waals surface area contributed by atoms with Crippen LogP contribution in [-0.2, 0) is 0 Å². The molecule has 1 aromatic heterocycles. The molecule has 1 aliphatic rings. The minimum absolute atomic E-state index is 0.546. The van der Waals surface area contributed by atoms with Crippen LogP contribution in [0, 0.1) is 11.8 Å². The van der Waals surface area contributed by atoms with Crippen LogP contribution in [0.1, 0.15) is 57.4 Å². The molecule has 1 aromatic rings. The van der Waals surface area contributed by atoms with Gasteiger partial charge in [0, 0.05) is 30.1 Å². The van der Waals surface area contributed by atoms with Crippen molar-refractivity contribution in [3.8, 4) is 0 Å². The fourth-order valence-corrected chi connectivity index (χ4v) is 3.63. The van der Waals surface area contributed by atoms with Crippen LogP contribution in [0.15, 0.2) is 11.6 Å². The lowest BCUT2D eigenvalue weighted by Gasteiger charge is -2.32. The van der Waals surface area contributed by atoms with Crippen molar-refractivity contribution in [1.29, 1.82) is 0 Å². The number of hydrogen-bond donors (Lipinski definition) is 1. The van der Waals surface area contributed by atoms with Crippen LogP contribution in [-0.4, -0.2) is 17.6 Å². The third-order valence-electron chi connectivity index (χ3n) is 4.24. The van der Waals surface area contributed by atoms with E-state index in [0.717, 1.165) is 24.4 Å². The first-order valence-electron chi connectivity index (χ1n) is 7.29. The molecule has 1 aliphatic carbocycles. The first kappa shape index (κ1) is 14.0. The molecule has 3 heteroatoms. The Balaban J connectivity index is 1.76.